The second-order valence-corrected chi connectivity index (χ2v) is 6.42. The minimum absolute atomic E-state index is 0.184. The van der Waals surface area contributed by atoms with Gasteiger partial charge in [0, 0.05) is 10.6 Å². The Morgan fingerprint density at radius 3 is 2.50 bits per heavy atom. The summed E-state index contributed by atoms with van der Waals surface area (Å²) < 4.78 is 10.7. The largest absolute Gasteiger partial charge is 0.496 e. The molecule has 0 spiro atoms. The molecule has 0 saturated carbocycles. The molecule has 0 aromatic heterocycles. The first-order chi connectivity index (χ1) is 12.5. The maximum absolute atomic E-state index is 12.9. The van der Waals surface area contributed by atoms with Crippen LogP contribution in [0.2, 0.25) is 10.0 Å². The van der Waals surface area contributed by atoms with Crippen molar-refractivity contribution < 1.29 is 14.3 Å². The van der Waals surface area contributed by atoms with Crippen LogP contribution in [0.25, 0.3) is 16.8 Å². The van der Waals surface area contributed by atoms with E-state index in [1.54, 1.807) is 31.4 Å². The lowest BCUT2D eigenvalue weighted by atomic mass is 9.99. The van der Waals surface area contributed by atoms with Crippen molar-refractivity contribution in [2.75, 3.05) is 14.2 Å². The minimum Gasteiger partial charge on any atom is -0.496 e. The molecule has 0 bridgehead atoms. The first kappa shape index (κ1) is 18.3. The minimum atomic E-state index is -0.184. The van der Waals surface area contributed by atoms with Gasteiger partial charge in [-0.1, -0.05) is 53.5 Å². The molecule has 0 aliphatic carbocycles. The van der Waals surface area contributed by atoms with E-state index in [1.165, 1.54) is 13.2 Å². The van der Waals surface area contributed by atoms with E-state index in [0.717, 1.165) is 10.8 Å². The van der Waals surface area contributed by atoms with Crippen LogP contribution in [0.15, 0.2) is 54.6 Å². The van der Waals surface area contributed by atoms with E-state index in [2.05, 4.69) is 0 Å². The number of ketones is 1. The number of allylic oxidation sites excluding steroid dienone is 1. The summed E-state index contributed by atoms with van der Waals surface area (Å²) in [6.07, 6.45) is 3.11. The summed E-state index contributed by atoms with van der Waals surface area (Å²) in [6.45, 7) is 0. The third kappa shape index (κ3) is 3.55. The van der Waals surface area contributed by atoms with E-state index in [1.807, 2.05) is 30.3 Å². The Balaban J connectivity index is 2.07. The molecule has 0 atom stereocenters. The highest BCUT2D eigenvalue weighted by atomic mass is 35.5. The quantitative estimate of drug-likeness (QED) is 0.394. The van der Waals surface area contributed by atoms with Crippen molar-refractivity contribution in [1.29, 1.82) is 0 Å². The number of ether oxygens (including phenoxy) is 2. The molecular formula is C21H16Cl2O3. The number of benzene rings is 3. The lowest BCUT2D eigenvalue weighted by Gasteiger charge is -2.10. The highest BCUT2D eigenvalue weighted by Crippen LogP contribution is 2.34. The molecule has 5 heteroatoms. The number of rotatable bonds is 5. The highest BCUT2D eigenvalue weighted by molar-refractivity contribution is 6.36. The van der Waals surface area contributed by atoms with Gasteiger partial charge in [0.25, 0.3) is 0 Å². The summed E-state index contributed by atoms with van der Waals surface area (Å²) in [5, 5.41) is 2.64. The average Bonchev–Trinajstić information content (AvgIpc) is 2.64. The fourth-order valence-electron chi connectivity index (χ4n) is 2.84. The zero-order valence-corrected chi connectivity index (χ0v) is 15.8. The molecule has 3 rings (SSSR count). The summed E-state index contributed by atoms with van der Waals surface area (Å²) >= 11 is 12.2. The van der Waals surface area contributed by atoms with Crippen molar-refractivity contribution in [1.82, 2.24) is 0 Å². The van der Waals surface area contributed by atoms with Gasteiger partial charge in [0.1, 0.15) is 11.5 Å². The summed E-state index contributed by atoms with van der Waals surface area (Å²) in [6, 6.07) is 14.7. The summed E-state index contributed by atoms with van der Waals surface area (Å²) in [4.78, 5) is 12.9. The molecule has 132 valence electrons. The van der Waals surface area contributed by atoms with Gasteiger partial charge in [-0.05, 0) is 41.1 Å². The first-order valence-electron chi connectivity index (χ1n) is 7.86. The van der Waals surface area contributed by atoms with Crippen LogP contribution < -0.4 is 9.47 Å². The van der Waals surface area contributed by atoms with E-state index in [0.29, 0.717) is 32.7 Å². The van der Waals surface area contributed by atoms with Gasteiger partial charge in [0.15, 0.2) is 5.78 Å². The Bertz CT molecular complexity index is 1010. The number of hydrogen-bond acceptors (Lipinski definition) is 3. The van der Waals surface area contributed by atoms with Crippen molar-refractivity contribution in [2.45, 2.75) is 0 Å². The van der Waals surface area contributed by atoms with Gasteiger partial charge in [0.05, 0.1) is 24.8 Å². The van der Waals surface area contributed by atoms with Crippen molar-refractivity contribution in [2.24, 2.45) is 0 Å². The van der Waals surface area contributed by atoms with Crippen LogP contribution in [0.4, 0.5) is 0 Å². The molecule has 0 aliphatic heterocycles. The van der Waals surface area contributed by atoms with Crippen molar-refractivity contribution in [3.63, 3.8) is 0 Å². The van der Waals surface area contributed by atoms with Gasteiger partial charge in [-0.25, -0.2) is 0 Å². The second-order valence-electron chi connectivity index (χ2n) is 5.57. The number of hydrogen-bond donors (Lipinski definition) is 0. The molecule has 0 aliphatic rings. The SMILES string of the molecule is COc1ccc2ccccc2c1C(=O)C=Cc1cc(Cl)cc(Cl)c1OC. The predicted octanol–water partition coefficient (Wildman–Crippen LogP) is 6.06. The second kappa shape index (κ2) is 7.81. The number of methoxy groups -OCH3 is 2. The zero-order chi connectivity index (χ0) is 18.7. The molecule has 26 heavy (non-hydrogen) atoms. The van der Waals surface area contributed by atoms with Gasteiger partial charge in [0.2, 0.25) is 0 Å². The van der Waals surface area contributed by atoms with Crippen molar-refractivity contribution in [3.05, 3.63) is 75.8 Å². The standard InChI is InChI=1S/C21H16Cl2O3/c1-25-19-10-8-13-5-3-4-6-16(13)20(19)18(24)9-7-14-11-15(22)12-17(23)21(14)26-2/h3-12H,1-2H3. The fraction of sp³-hybridized carbons (Fsp3) is 0.0952. The molecule has 0 amide bonds. The monoisotopic (exact) mass is 386 g/mol. The maximum atomic E-state index is 12.9. The van der Waals surface area contributed by atoms with E-state index >= 15 is 0 Å². The Morgan fingerprint density at radius 1 is 1.00 bits per heavy atom. The number of fused-ring (bicyclic) bond motifs is 1. The predicted molar refractivity (Wildman–Crippen MR) is 107 cm³/mol. The number of carbonyl (C=O) groups excluding carboxylic acids is 1. The van der Waals surface area contributed by atoms with Crippen LogP contribution in [0.1, 0.15) is 15.9 Å². The molecule has 0 unspecified atom stereocenters. The lowest BCUT2D eigenvalue weighted by molar-refractivity contribution is 0.104. The summed E-state index contributed by atoms with van der Waals surface area (Å²) in [5.74, 6) is 0.802. The Morgan fingerprint density at radius 2 is 1.77 bits per heavy atom. The maximum Gasteiger partial charge on any atom is 0.190 e. The van der Waals surface area contributed by atoms with E-state index in [4.69, 9.17) is 32.7 Å². The van der Waals surface area contributed by atoms with Crippen LogP contribution in [0, 0.1) is 0 Å². The Labute approximate surface area is 161 Å². The average molecular weight is 387 g/mol. The normalized spacial score (nSPS) is 11.1. The number of carbonyl (C=O) groups is 1. The smallest absolute Gasteiger partial charge is 0.190 e. The Kier molecular flexibility index (Phi) is 5.50. The van der Waals surface area contributed by atoms with Gasteiger partial charge < -0.3 is 9.47 Å². The van der Waals surface area contributed by atoms with Gasteiger partial charge >= 0.3 is 0 Å². The van der Waals surface area contributed by atoms with Crippen molar-refractivity contribution >= 4 is 45.8 Å². The molecule has 0 radical (unpaired) electrons. The summed E-state index contributed by atoms with van der Waals surface area (Å²) in [5.41, 5.74) is 1.13. The molecular weight excluding hydrogens is 371 g/mol. The van der Waals surface area contributed by atoms with Crippen LogP contribution in [-0.2, 0) is 0 Å². The van der Waals surface area contributed by atoms with Crippen LogP contribution in [0.5, 0.6) is 11.5 Å². The van der Waals surface area contributed by atoms with Gasteiger partial charge in [-0.3, -0.25) is 4.79 Å². The van der Waals surface area contributed by atoms with E-state index < -0.39 is 0 Å². The lowest BCUT2D eigenvalue weighted by Crippen LogP contribution is -2.00. The molecule has 3 nitrogen and oxygen atoms in total. The first-order valence-corrected chi connectivity index (χ1v) is 8.62. The van der Waals surface area contributed by atoms with E-state index in [9.17, 15) is 4.79 Å². The third-order valence-electron chi connectivity index (χ3n) is 4.01. The molecule has 3 aromatic rings. The van der Waals surface area contributed by atoms with E-state index in [-0.39, 0.29) is 5.78 Å². The summed E-state index contributed by atoms with van der Waals surface area (Å²) in [7, 11) is 3.06. The zero-order valence-electron chi connectivity index (χ0n) is 14.3. The topological polar surface area (TPSA) is 35.5 Å². The molecule has 0 saturated heterocycles. The van der Waals surface area contributed by atoms with Gasteiger partial charge in [-0.2, -0.15) is 0 Å². The van der Waals surface area contributed by atoms with Gasteiger partial charge in [-0.15, -0.1) is 0 Å². The number of halogens is 2. The molecule has 0 fully saturated rings. The van der Waals surface area contributed by atoms with Crippen LogP contribution >= 0.6 is 23.2 Å². The third-order valence-corrected chi connectivity index (χ3v) is 4.51. The molecule has 3 aromatic carbocycles. The van der Waals surface area contributed by atoms with Crippen LogP contribution in [-0.4, -0.2) is 20.0 Å². The molecule has 0 N–H and O–H groups in total. The highest BCUT2D eigenvalue weighted by Gasteiger charge is 2.15. The Hall–Kier alpha value is -2.49. The van der Waals surface area contributed by atoms with Crippen LogP contribution in [0.3, 0.4) is 0 Å². The van der Waals surface area contributed by atoms with Crippen molar-refractivity contribution in [3.8, 4) is 11.5 Å². The molecule has 0 heterocycles. The fourth-order valence-corrected chi connectivity index (χ4v) is 3.43.